The number of halogens is 1. The van der Waals surface area contributed by atoms with Crippen molar-refractivity contribution in [1.82, 2.24) is 0 Å². The highest BCUT2D eigenvalue weighted by atomic mass is 32.2. The first-order chi connectivity index (χ1) is 9.96. The van der Waals surface area contributed by atoms with Gasteiger partial charge in [0.25, 0.3) is 0 Å². The molecule has 8 heteroatoms. The second-order valence-corrected chi connectivity index (χ2v) is 7.51. The quantitative estimate of drug-likeness (QED) is 0.858. The summed E-state index contributed by atoms with van der Waals surface area (Å²) in [4.78, 5) is 0. The Hall–Kier alpha value is -1.12. The van der Waals surface area contributed by atoms with Gasteiger partial charge in [0.1, 0.15) is 5.82 Å². The number of anilines is 1. The van der Waals surface area contributed by atoms with Crippen LogP contribution in [-0.4, -0.2) is 33.0 Å². The zero-order valence-electron chi connectivity index (χ0n) is 13.4. The van der Waals surface area contributed by atoms with Crippen LogP contribution in [0.5, 0.6) is 0 Å². The van der Waals surface area contributed by atoms with Crippen molar-refractivity contribution in [3.8, 4) is 0 Å². The summed E-state index contributed by atoms with van der Waals surface area (Å²) in [6, 6.07) is 3.72. The van der Waals surface area contributed by atoms with E-state index in [2.05, 4.69) is 4.72 Å². The largest absolute Gasteiger partial charge is 0.495 e. The smallest absolute Gasteiger partial charge is 0.399 e. The van der Waals surface area contributed by atoms with Gasteiger partial charge in [0.15, 0.2) is 0 Å². The van der Waals surface area contributed by atoms with Gasteiger partial charge in [-0.15, -0.1) is 0 Å². The van der Waals surface area contributed by atoms with Crippen molar-refractivity contribution in [1.29, 1.82) is 0 Å². The maximum atomic E-state index is 13.8. The lowest BCUT2D eigenvalue weighted by Gasteiger charge is -2.32. The van der Waals surface area contributed by atoms with Crippen LogP contribution in [0.1, 0.15) is 29.1 Å². The number of benzene rings is 1. The molecule has 1 heterocycles. The molecule has 5 nitrogen and oxygen atoms in total. The minimum Gasteiger partial charge on any atom is -0.399 e. The zero-order chi connectivity index (χ0) is 16.8. The van der Waals surface area contributed by atoms with E-state index in [-0.39, 0.29) is 5.69 Å². The van der Waals surface area contributed by atoms with Crippen LogP contribution in [0.2, 0.25) is 0 Å². The van der Waals surface area contributed by atoms with Crippen LogP contribution in [0.15, 0.2) is 18.2 Å². The fraction of sp³-hybridized carbons (Fsp3) is 0.538. The molecule has 0 unspecified atom stereocenters. The highest BCUT2D eigenvalue weighted by molar-refractivity contribution is 7.92. The molecule has 21 heavy (non-hydrogen) atoms. The minimum absolute atomic E-state index is 0.0389. The van der Waals surface area contributed by atoms with Crippen LogP contribution < -0.4 is 10.2 Å². The van der Waals surface area contributed by atoms with Gasteiger partial charge in [-0.05, 0) is 51.4 Å². The molecule has 1 aromatic carbocycles. The van der Waals surface area contributed by atoms with E-state index >= 15 is 0 Å². The van der Waals surface area contributed by atoms with E-state index in [4.69, 9.17) is 10.7 Å². The molecule has 0 saturated carbocycles. The Bertz CT molecular complexity index is 665. The summed E-state index contributed by atoms with van der Waals surface area (Å²) in [6.07, 6.45) is -0.838. The topological polar surface area (TPSA) is 64.6 Å². The Morgan fingerprint density at radius 2 is 1.76 bits per heavy atom. The summed E-state index contributed by atoms with van der Waals surface area (Å²) in [6.45, 7) is 7.48. The van der Waals surface area contributed by atoms with E-state index in [0.29, 0.717) is 5.46 Å². The predicted octanol–water partition coefficient (Wildman–Crippen LogP) is 1.50. The third-order valence-corrected chi connectivity index (χ3v) is 4.27. The van der Waals surface area contributed by atoms with Gasteiger partial charge in [-0.1, -0.05) is 0 Å². The lowest BCUT2D eigenvalue weighted by Crippen LogP contribution is -2.41. The molecule has 116 valence electrons. The van der Waals surface area contributed by atoms with Crippen molar-refractivity contribution in [2.75, 3.05) is 11.0 Å². The first-order valence-electron chi connectivity index (χ1n) is 7.12. The second kappa shape index (κ2) is 4.96. The molecular formula is C13H19BFNO4S. The van der Waals surface area contributed by atoms with Crippen LogP contribution in [0.25, 0.3) is 0 Å². The molecule has 0 radical (unpaired) electrons. The van der Waals surface area contributed by atoms with E-state index < -0.39 is 40.4 Å². The SMILES string of the molecule is [3H]CS(=O)(=O)Nc1cc(F)cc(B2OC(C)(C)C(C)(C)O2)c1. The highest BCUT2D eigenvalue weighted by Gasteiger charge is 2.51. The second-order valence-electron chi connectivity index (χ2n) is 6.08. The number of hydrogen-bond acceptors (Lipinski definition) is 4. The Labute approximate surface area is 126 Å². The van der Waals surface area contributed by atoms with Gasteiger partial charge < -0.3 is 9.31 Å². The molecule has 0 bridgehead atoms. The maximum Gasteiger partial charge on any atom is 0.495 e. The van der Waals surface area contributed by atoms with E-state index in [1.807, 2.05) is 27.7 Å². The molecule has 1 aliphatic heterocycles. The molecule has 0 aliphatic carbocycles. The monoisotopic (exact) mass is 317 g/mol. The van der Waals surface area contributed by atoms with Crippen molar-refractivity contribution in [2.24, 2.45) is 0 Å². The van der Waals surface area contributed by atoms with Crippen molar-refractivity contribution < 1.29 is 23.5 Å². The van der Waals surface area contributed by atoms with Gasteiger partial charge >= 0.3 is 7.12 Å². The summed E-state index contributed by atoms with van der Waals surface area (Å²) < 4.78 is 57.3. The average Bonchev–Trinajstić information content (AvgIpc) is 2.57. The van der Waals surface area contributed by atoms with Crippen LogP contribution in [0.4, 0.5) is 10.1 Å². The van der Waals surface area contributed by atoms with Crippen LogP contribution in [0, 0.1) is 5.82 Å². The van der Waals surface area contributed by atoms with Crippen LogP contribution in [0.3, 0.4) is 0 Å². The summed E-state index contributed by atoms with van der Waals surface area (Å²) in [5.41, 5.74) is -0.742. The fourth-order valence-corrected chi connectivity index (χ4v) is 2.44. The van der Waals surface area contributed by atoms with E-state index in [1.54, 1.807) is 0 Å². The molecule has 0 spiro atoms. The molecule has 1 saturated heterocycles. The van der Waals surface area contributed by atoms with Gasteiger partial charge in [-0.3, -0.25) is 4.72 Å². The van der Waals surface area contributed by atoms with Gasteiger partial charge in [-0.25, -0.2) is 12.8 Å². The minimum atomic E-state index is -3.81. The molecule has 1 N–H and O–H groups in total. The number of sulfonamides is 1. The Kier molecular flexibility index (Phi) is 3.50. The van der Waals surface area contributed by atoms with Crippen LogP contribution in [-0.2, 0) is 19.3 Å². The number of nitrogens with one attached hydrogen (secondary N) is 1. The van der Waals surface area contributed by atoms with Gasteiger partial charge in [0.05, 0.1) is 23.1 Å². The average molecular weight is 317 g/mol. The van der Waals surface area contributed by atoms with Crippen LogP contribution >= 0.6 is 0 Å². The summed E-state index contributed by atoms with van der Waals surface area (Å²) in [7, 11) is -4.60. The number of hydrogen-bond donors (Lipinski definition) is 1. The molecule has 0 amide bonds. The van der Waals surface area contributed by atoms with Crippen molar-refractivity contribution in [3.05, 3.63) is 24.0 Å². The van der Waals surface area contributed by atoms with Crippen molar-refractivity contribution >= 4 is 28.3 Å². The lowest BCUT2D eigenvalue weighted by atomic mass is 9.79. The van der Waals surface area contributed by atoms with Crippen molar-refractivity contribution in [3.63, 3.8) is 0 Å². The Morgan fingerprint density at radius 1 is 1.19 bits per heavy atom. The van der Waals surface area contributed by atoms with E-state index in [0.717, 1.165) is 6.07 Å². The maximum absolute atomic E-state index is 13.8. The molecule has 0 aromatic heterocycles. The number of rotatable bonds is 3. The summed E-state index contributed by atoms with van der Waals surface area (Å²) in [5.74, 6) is -0.616. The van der Waals surface area contributed by atoms with Gasteiger partial charge in [-0.2, -0.15) is 0 Å². The third-order valence-electron chi connectivity index (χ3n) is 3.72. The highest BCUT2D eigenvalue weighted by Crippen LogP contribution is 2.36. The van der Waals surface area contributed by atoms with Gasteiger partial charge in [0.2, 0.25) is 10.0 Å². The first kappa shape index (κ1) is 14.8. The predicted molar refractivity (Wildman–Crippen MR) is 80.6 cm³/mol. The Morgan fingerprint density at radius 3 is 2.29 bits per heavy atom. The summed E-state index contributed by atoms with van der Waals surface area (Å²) >= 11 is 0. The molecule has 1 aliphatic rings. The van der Waals surface area contributed by atoms with E-state index in [9.17, 15) is 12.8 Å². The summed E-state index contributed by atoms with van der Waals surface area (Å²) in [5, 5.41) is 0. The molecule has 2 rings (SSSR count). The lowest BCUT2D eigenvalue weighted by molar-refractivity contribution is 0.00578. The molecule has 1 fully saturated rings. The molecule has 1 aromatic rings. The molecular weight excluding hydrogens is 296 g/mol. The standard InChI is InChI=1S/C13H19BFNO4S/c1-12(2)13(3,4)20-14(19-12)9-6-10(15)8-11(7-9)16-21(5,17)18/h6-8,16H,1-5H3/i5T. The normalized spacial score (nSPS) is 21.2. The fourth-order valence-electron chi connectivity index (χ4n) is 1.97. The van der Waals surface area contributed by atoms with Gasteiger partial charge in [0, 0.05) is 1.37 Å². The Balaban J connectivity index is 2.32. The van der Waals surface area contributed by atoms with Crippen molar-refractivity contribution in [2.45, 2.75) is 38.9 Å². The third kappa shape index (κ3) is 3.56. The molecule has 0 atom stereocenters. The first-order valence-corrected chi connectivity index (χ1v) is 8.07. The van der Waals surface area contributed by atoms with E-state index in [1.165, 1.54) is 12.1 Å². The zero-order valence-corrected chi connectivity index (χ0v) is 13.3.